The molecule has 8 heteroatoms. The number of benzene rings is 2. The Kier molecular flexibility index (Phi) is 17.9. The van der Waals surface area contributed by atoms with Crippen LogP contribution in [0.4, 0.5) is 0 Å². The van der Waals surface area contributed by atoms with E-state index in [1.165, 1.54) is 11.1 Å². The second kappa shape index (κ2) is 20.8. The van der Waals surface area contributed by atoms with Crippen molar-refractivity contribution < 1.29 is 27.1 Å². The first-order valence-electron chi connectivity index (χ1n) is 18.4. The lowest BCUT2D eigenvalue weighted by Gasteiger charge is -2.36. The summed E-state index contributed by atoms with van der Waals surface area (Å²) in [4.78, 5) is 0.364. The maximum atomic E-state index is 14.0. The summed E-state index contributed by atoms with van der Waals surface area (Å²) in [5.74, 6) is 2.02. The first-order valence-corrected chi connectivity index (χ1v) is 22.9. The molecule has 0 bridgehead atoms. The Morgan fingerprint density at radius 2 is 1.48 bits per heavy atom. The monoisotopic (exact) mass is 750 g/mol. The fourth-order valence-corrected chi connectivity index (χ4v) is 8.18. The molecular formula is C44H66O6SSi. The van der Waals surface area contributed by atoms with Gasteiger partial charge in [-0.2, -0.15) is 0 Å². The molecule has 0 aromatic heterocycles. The fraction of sp³-hybridized carbons (Fsp3) is 0.500. The third-order valence-corrected chi connectivity index (χ3v) is 16.4. The highest BCUT2D eigenvalue weighted by Crippen LogP contribution is 2.38. The van der Waals surface area contributed by atoms with E-state index in [0.717, 1.165) is 48.0 Å². The molecule has 0 aliphatic rings. The van der Waals surface area contributed by atoms with Crippen LogP contribution in [0.3, 0.4) is 0 Å². The SMILES string of the molecule is C=CCOc1cc(OC)cc(C/C=C(\C)CC/C=C(\C)CC(/C=C(\C)CC/C=C(\C)CO[Si](C)(C)C(C)(C)C)S(=O)(=O)c2ccc(C)cc2)c1OC. The molecule has 0 N–H and O–H groups in total. The lowest BCUT2D eigenvalue weighted by Crippen LogP contribution is -2.41. The van der Waals surface area contributed by atoms with Crippen LogP contribution in [0.25, 0.3) is 0 Å². The maximum Gasteiger partial charge on any atom is 0.192 e. The molecule has 0 spiro atoms. The van der Waals surface area contributed by atoms with E-state index in [1.807, 2.05) is 51.1 Å². The summed E-state index contributed by atoms with van der Waals surface area (Å²) < 4.78 is 51.4. The van der Waals surface area contributed by atoms with Gasteiger partial charge in [-0.25, -0.2) is 8.42 Å². The Morgan fingerprint density at radius 1 is 0.865 bits per heavy atom. The predicted molar refractivity (Wildman–Crippen MR) is 222 cm³/mol. The Labute approximate surface area is 317 Å². The molecule has 2 aromatic rings. The zero-order chi connectivity index (χ0) is 39.1. The number of sulfone groups is 1. The van der Waals surface area contributed by atoms with Gasteiger partial charge in [0.25, 0.3) is 0 Å². The molecule has 288 valence electrons. The molecule has 0 radical (unpaired) electrons. The first-order chi connectivity index (χ1) is 24.3. The van der Waals surface area contributed by atoms with Crippen molar-refractivity contribution in [1.29, 1.82) is 0 Å². The second-order valence-electron chi connectivity index (χ2n) is 15.5. The van der Waals surface area contributed by atoms with Gasteiger partial charge in [0.2, 0.25) is 0 Å². The molecule has 0 heterocycles. The van der Waals surface area contributed by atoms with Gasteiger partial charge in [-0.05, 0) is 109 Å². The largest absolute Gasteiger partial charge is 0.497 e. The molecule has 0 saturated carbocycles. The van der Waals surface area contributed by atoms with E-state index in [4.69, 9.17) is 18.6 Å². The molecule has 0 amide bonds. The van der Waals surface area contributed by atoms with E-state index in [1.54, 1.807) is 32.4 Å². The minimum Gasteiger partial charge on any atom is -0.497 e. The zero-order valence-corrected chi connectivity index (χ0v) is 36.0. The predicted octanol–water partition coefficient (Wildman–Crippen LogP) is 11.7. The molecule has 2 rings (SSSR count). The highest BCUT2D eigenvalue weighted by molar-refractivity contribution is 7.92. The third-order valence-electron chi connectivity index (χ3n) is 9.84. The van der Waals surface area contributed by atoms with Gasteiger partial charge >= 0.3 is 0 Å². The van der Waals surface area contributed by atoms with E-state index >= 15 is 0 Å². The van der Waals surface area contributed by atoms with Crippen LogP contribution in [0.2, 0.25) is 18.1 Å². The van der Waals surface area contributed by atoms with Crippen molar-refractivity contribution in [2.75, 3.05) is 27.4 Å². The summed E-state index contributed by atoms with van der Waals surface area (Å²) in [5.41, 5.74) is 6.60. The molecule has 1 unspecified atom stereocenters. The molecular weight excluding hydrogens is 685 g/mol. The van der Waals surface area contributed by atoms with E-state index in [-0.39, 0.29) is 5.04 Å². The van der Waals surface area contributed by atoms with Crippen molar-refractivity contribution in [1.82, 2.24) is 0 Å². The Morgan fingerprint density at radius 3 is 2.06 bits per heavy atom. The number of aryl methyl sites for hydroxylation is 1. The molecule has 1 atom stereocenters. The quantitative estimate of drug-likeness (QED) is 0.0934. The van der Waals surface area contributed by atoms with Crippen LogP contribution in [-0.2, 0) is 20.7 Å². The highest BCUT2D eigenvalue weighted by Gasteiger charge is 2.37. The van der Waals surface area contributed by atoms with Crippen molar-refractivity contribution >= 4 is 18.2 Å². The van der Waals surface area contributed by atoms with Crippen molar-refractivity contribution in [3.8, 4) is 17.2 Å². The van der Waals surface area contributed by atoms with Gasteiger partial charge < -0.3 is 18.6 Å². The Hall–Kier alpha value is -3.33. The minimum atomic E-state index is -3.59. The second-order valence-corrected chi connectivity index (χ2v) is 22.5. The summed E-state index contributed by atoms with van der Waals surface area (Å²) in [7, 11) is -2.12. The van der Waals surface area contributed by atoms with Gasteiger partial charge in [-0.15, -0.1) is 0 Å². The smallest absolute Gasteiger partial charge is 0.192 e. The number of rotatable bonds is 21. The summed E-state index contributed by atoms with van der Waals surface area (Å²) >= 11 is 0. The standard InChI is InChI=1S/C44H66O6SSi/c1-14-27-49-42-31-39(47-10)30-38(43(42)48-11)24-21-33(2)17-15-18-35(4)28-41(51(45,46)40-25-22-34(3)23-26-40)29-36(5)19-16-20-37(6)32-50-52(12,13)44(7,8)9/h14,18,20-23,25-26,29-31,41H,1,15-17,19,24,27-28,32H2,2-13H3/b33-21+,35-18+,36-29+,37-20+. The lowest BCUT2D eigenvalue weighted by atomic mass is 10.0. The number of hydrogen-bond acceptors (Lipinski definition) is 6. The number of methoxy groups -OCH3 is 2. The van der Waals surface area contributed by atoms with E-state index in [0.29, 0.717) is 48.2 Å². The molecule has 0 fully saturated rings. The third kappa shape index (κ3) is 14.2. The van der Waals surface area contributed by atoms with Crippen molar-refractivity contribution in [2.24, 2.45) is 0 Å². The van der Waals surface area contributed by atoms with Gasteiger partial charge in [0.05, 0.1) is 31.0 Å². The lowest BCUT2D eigenvalue weighted by molar-refractivity contribution is 0.318. The zero-order valence-electron chi connectivity index (χ0n) is 34.1. The van der Waals surface area contributed by atoms with Gasteiger partial charge in [-0.3, -0.25) is 0 Å². The molecule has 52 heavy (non-hydrogen) atoms. The van der Waals surface area contributed by atoms with E-state index in [9.17, 15) is 8.42 Å². The molecule has 6 nitrogen and oxygen atoms in total. The average Bonchev–Trinajstić information content (AvgIpc) is 3.08. The van der Waals surface area contributed by atoms with Crippen molar-refractivity contribution in [3.05, 3.63) is 107 Å². The van der Waals surface area contributed by atoms with E-state index < -0.39 is 23.4 Å². The molecule has 0 aliphatic carbocycles. The van der Waals surface area contributed by atoms with Crippen LogP contribution in [0.1, 0.15) is 91.7 Å². The fourth-order valence-electron chi connectivity index (χ4n) is 5.40. The first kappa shape index (κ1) is 44.8. The normalized spacial score (nSPS) is 14.3. The van der Waals surface area contributed by atoms with Crippen LogP contribution in [0.15, 0.2) is 101 Å². The van der Waals surface area contributed by atoms with Gasteiger partial charge in [-0.1, -0.05) is 97.7 Å². The molecule has 2 aromatic carbocycles. The maximum absolute atomic E-state index is 14.0. The molecule has 0 saturated heterocycles. The van der Waals surface area contributed by atoms with Crippen molar-refractivity contribution in [3.63, 3.8) is 0 Å². The van der Waals surface area contributed by atoms with Crippen LogP contribution in [-0.4, -0.2) is 49.4 Å². The van der Waals surface area contributed by atoms with E-state index in [2.05, 4.69) is 72.5 Å². The Bertz CT molecular complexity index is 1690. The number of allylic oxidation sites excluding steroid dienone is 6. The molecule has 0 aliphatic heterocycles. The average molecular weight is 751 g/mol. The summed E-state index contributed by atoms with van der Waals surface area (Å²) in [6.45, 7) is 26.4. The summed E-state index contributed by atoms with van der Waals surface area (Å²) in [6, 6.07) is 11.0. The van der Waals surface area contributed by atoms with Gasteiger partial charge in [0.15, 0.2) is 29.7 Å². The highest BCUT2D eigenvalue weighted by atomic mass is 32.2. The minimum absolute atomic E-state index is 0.172. The van der Waals surface area contributed by atoms with Crippen LogP contribution in [0.5, 0.6) is 17.2 Å². The number of hydrogen-bond donors (Lipinski definition) is 0. The van der Waals surface area contributed by atoms with Crippen LogP contribution >= 0.6 is 0 Å². The Balaban J connectivity index is 2.18. The summed E-state index contributed by atoms with van der Waals surface area (Å²) in [5, 5.41) is -0.474. The topological polar surface area (TPSA) is 71.1 Å². The van der Waals surface area contributed by atoms with Crippen molar-refractivity contribution in [2.45, 2.75) is 122 Å². The summed E-state index contributed by atoms with van der Waals surface area (Å²) in [6.07, 6.45) is 14.7. The number of ether oxygens (including phenoxy) is 3. The van der Waals surface area contributed by atoms with Crippen LogP contribution < -0.4 is 14.2 Å². The van der Waals surface area contributed by atoms with Gasteiger partial charge in [0.1, 0.15) is 12.4 Å². The van der Waals surface area contributed by atoms with Gasteiger partial charge in [0, 0.05) is 11.6 Å². The van der Waals surface area contributed by atoms with Crippen LogP contribution in [0, 0.1) is 6.92 Å².